The number of amides is 1. The number of thiophene rings is 1. The smallest absolute Gasteiger partial charge is 0.227 e. The van der Waals surface area contributed by atoms with Gasteiger partial charge in [0.15, 0.2) is 11.5 Å². The van der Waals surface area contributed by atoms with Crippen molar-refractivity contribution in [3.8, 4) is 17.2 Å². The van der Waals surface area contributed by atoms with Crippen LogP contribution in [0, 0.1) is 0 Å². The zero-order chi connectivity index (χ0) is 22.2. The van der Waals surface area contributed by atoms with Crippen molar-refractivity contribution in [3.05, 3.63) is 76.0 Å². The number of hydrogen-bond donors (Lipinski definition) is 0. The van der Waals surface area contributed by atoms with Gasteiger partial charge in [-0.2, -0.15) is 0 Å². The predicted molar refractivity (Wildman–Crippen MR) is 124 cm³/mol. The number of carbonyl (C=O) groups excluding carboxylic acids is 1. The van der Waals surface area contributed by atoms with Crippen LogP contribution < -0.4 is 14.2 Å². The molecule has 6 heteroatoms. The summed E-state index contributed by atoms with van der Waals surface area (Å²) in [7, 11) is 4.72. The maximum atomic E-state index is 13.5. The quantitative estimate of drug-likeness (QED) is 0.447. The molecular formula is C25H29NO4S. The molecule has 1 atom stereocenters. The number of benzene rings is 2. The topological polar surface area (TPSA) is 48.0 Å². The van der Waals surface area contributed by atoms with E-state index in [-0.39, 0.29) is 18.4 Å². The maximum absolute atomic E-state index is 13.5. The molecule has 0 N–H and O–H groups in total. The molecule has 164 valence electrons. The molecule has 0 aliphatic heterocycles. The van der Waals surface area contributed by atoms with Crippen LogP contribution in [0.3, 0.4) is 0 Å². The van der Waals surface area contributed by atoms with E-state index >= 15 is 0 Å². The van der Waals surface area contributed by atoms with Crippen molar-refractivity contribution < 1.29 is 19.0 Å². The fourth-order valence-electron chi connectivity index (χ4n) is 3.61. The van der Waals surface area contributed by atoms with Crippen LogP contribution >= 0.6 is 11.3 Å². The highest BCUT2D eigenvalue weighted by Crippen LogP contribution is 2.38. The Bertz CT molecular complexity index is 947. The second-order valence-electron chi connectivity index (χ2n) is 7.35. The van der Waals surface area contributed by atoms with E-state index < -0.39 is 0 Å². The van der Waals surface area contributed by atoms with E-state index in [1.807, 2.05) is 41.3 Å². The van der Waals surface area contributed by atoms with E-state index in [0.717, 1.165) is 17.5 Å². The van der Waals surface area contributed by atoms with Crippen molar-refractivity contribution in [1.29, 1.82) is 0 Å². The van der Waals surface area contributed by atoms with Crippen LogP contribution in [0.5, 0.6) is 17.2 Å². The molecule has 0 fully saturated rings. The molecule has 0 radical (unpaired) electrons. The molecule has 2 aromatic carbocycles. The Hall–Kier alpha value is -2.99. The molecule has 0 saturated carbocycles. The largest absolute Gasteiger partial charge is 0.493 e. The SMILES string of the molecule is COc1cc(CC(=O)N(Cc2ccccc2)[C@H](C)Cc2cccs2)cc(OC)c1OC. The number of methoxy groups -OCH3 is 3. The van der Waals surface area contributed by atoms with E-state index in [4.69, 9.17) is 14.2 Å². The van der Waals surface area contributed by atoms with Gasteiger partial charge in [0.25, 0.3) is 0 Å². The van der Waals surface area contributed by atoms with Crippen molar-refractivity contribution in [2.45, 2.75) is 32.4 Å². The minimum atomic E-state index is 0.0576. The summed E-state index contributed by atoms with van der Waals surface area (Å²) in [4.78, 5) is 16.7. The second kappa shape index (κ2) is 10.9. The van der Waals surface area contributed by atoms with Gasteiger partial charge in [0.05, 0.1) is 27.8 Å². The summed E-state index contributed by atoms with van der Waals surface area (Å²) in [6.45, 7) is 2.67. The third kappa shape index (κ3) is 5.79. The molecule has 3 aromatic rings. The van der Waals surface area contributed by atoms with Crippen molar-refractivity contribution in [2.24, 2.45) is 0 Å². The fraction of sp³-hybridized carbons (Fsp3) is 0.320. The van der Waals surface area contributed by atoms with Crippen molar-refractivity contribution in [1.82, 2.24) is 4.90 Å². The molecule has 0 bridgehead atoms. The summed E-state index contributed by atoms with van der Waals surface area (Å²) in [5, 5.41) is 2.07. The summed E-state index contributed by atoms with van der Waals surface area (Å²) in [5.74, 6) is 1.67. The summed E-state index contributed by atoms with van der Waals surface area (Å²) in [5.41, 5.74) is 1.93. The lowest BCUT2D eigenvalue weighted by Crippen LogP contribution is -2.40. The molecule has 3 rings (SSSR count). The summed E-state index contributed by atoms with van der Waals surface area (Å²) >= 11 is 1.72. The molecule has 0 unspecified atom stereocenters. The highest BCUT2D eigenvalue weighted by atomic mass is 32.1. The van der Waals surface area contributed by atoms with E-state index in [1.165, 1.54) is 4.88 Å². The highest BCUT2D eigenvalue weighted by molar-refractivity contribution is 7.09. The van der Waals surface area contributed by atoms with E-state index in [0.29, 0.717) is 23.8 Å². The predicted octanol–water partition coefficient (Wildman–Crippen LogP) is 4.98. The van der Waals surface area contributed by atoms with Crippen LogP contribution in [0.2, 0.25) is 0 Å². The second-order valence-corrected chi connectivity index (χ2v) is 8.38. The first-order valence-corrected chi connectivity index (χ1v) is 11.1. The van der Waals surface area contributed by atoms with Gasteiger partial charge in [0.1, 0.15) is 0 Å². The Labute approximate surface area is 188 Å². The zero-order valence-corrected chi connectivity index (χ0v) is 19.3. The Morgan fingerprint density at radius 2 is 1.61 bits per heavy atom. The first-order chi connectivity index (χ1) is 15.0. The zero-order valence-electron chi connectivity index (χ0n) is 18.5. The average Bonchev–Trinajstić information content (AvgIpc) is 3.30. The summed E-state index contributed by atoms with van der Waals surface area (Å²) < 4.78 is 16.3. The van der Waals surface area contributed by atoms with Gasteiger partial charge in [0.2, 0.25) is 11.7 Å². The first-order valence-electron chi connectivity index (χ1n) is 10.2. The number of nitrogens with zero attached hydrogens (tertiary/aromatic N) is 1. The standard InChI is InChI=1S/C25H29NO4S/c1-18(13-21-11-8-12-31-21)26(17-19-9-6-5-7-10-19)24(27)16-20-14-22(28-2)25(30-4)23(15-20)29-3/h5-12,14-15,18H,13,16-17H2,1-4H3/t18-/m1/s1. The minimum absolute atomic E-state index is 0.0576. The monoisotopic (exact) mass is 439 g/mol. The first kappa shape index (κ1) is 22.7. The van der Waals surface area contributed by atoms with Crippen LogP contribution in [-0.4, -0.2) is 38.2 Å². The summed E-state index contributed by atoms with van der Waals surface area (Å²) in [6, 6.07) is 18.0. The van der Waals surface area contributed by atoms with Crippen molar-refractivity contribution >= 4 is 17.2 Å². The van der Waals surface area contributed by atoms with Gasteiger partial charge in [-0.3, -0.25) is 4.79 Å². The highest BCUT2D eigenvalue weighted by Gasteiger charge is 2.23. The normalized spacial score (nSPS) is 11.6. The lowest BCUT2D eigenvalue weighted by atomic mass is 10.1. The van der Waals surface area contributed by atoms with Crippen molar-refractivity contribution in [2.75, 3.05) is 21.3 Å². The van der Waals surface area contributed by atoms with Gasteiger partial charge in [-0.25, -0.2) is 0 Å². The molecule has 0 spiro atoms. The van der Waals surface area contributed by atoms with Crippen LogP contribution in [0.25, 0.3) is 0 Å². The number of rotatable bonds is 10. The van der Waals surface area contributed by atoms with Gasteiger partial charge >= 0.3 is 0 Å². The molecule has 1 amide bonds. The lowest BCUT2D eigenvalue weighted by molar-refractivity contribution is -0.133. The number of ether oxygens (including phenoxy) is 3. The molecule has 0 aliphatic carbocycles. The minimum Gasteiger partial charge on any atom is -0.493 e. The Morgan fingerprint density at radius 1 is 0.935 bits per heavy atom. The van der Waals surface area contributed by atoms with E-state index in [9.17, 15) is 4.79 Å². The summed E-state index contributed by atoms with van der Waals surface area (Å²) in [6.07, 6.45) is 1.07. The van der Waals surface area contributed by atoms with Gasteiger partial charge in [0, 0.05) is 23.9 Å². The third-order valence-corrected chi connectivity index (χ3v) is 6.10. The lowest BCUT2D eigenvalue weighted by Gasteiger charge is -2.30. The van der Waals surface area contributed by atoms with Crippen LogP contribution in [-0.2, 0) is 24.2 Å². The van der Waals surface area contributed by atoms with Gasteiger partial charge in [-0.1, -0.05) is 36.4 Å². The van der Waals surface area contributed by atoms with E-state index in [1.54, 1.807) is 32.7 Å². The molecule has 1 heterocycles. The Balaban J connectivity index is 1.85. The average molecular weight is 440 g/mol. The van der Waals surface area contributed by atoms with Crippen LogP contribution in [0.1, 0.15) is 22.9 Å². The van der Waals surface area contributed by atoms with Gasteiger partial charge in [-0.05, 0) is 41.6 Å². The number of carbonyl (C=O) groups is 1. The van der Waals surface area contributed by atoms with Gasteiger partial charge in [-0.15, -0.1) is 11.3 Å². The molecule has 5 nitrogen and oxygen atoms in total. The third-order valence-electron chi connectivity index (χ3n) is 5.20. The van der Waals surface area contributed by atoms with Crippen molar-refractivity contribution in [3.63, 3.8) is 0 Å². The van der Waals surface area contributed by atoms with Crippen LogP contribution in [0.15, 0.2) is 60.0 Å². The Morgan fingerprint density at radius 3 is 2.16 bits per heavy atom. The Kier molecular flexibility index (Phi) is 7.95. The fourth-order valence-corrected chi connectivity index (χ4v) is 4.44. The van der Waals surface area contributed by atoms with Crippen LogP contribution in [0.4, 0.5) is 0 Å². The maximum Gasteiger partial charge on any atom is 0.227 e. The molecule has 31 heavy (non-hydrogen) atoms. The number of hydrogen-bond acceptors (Lipinski definition) is 5. The van der Waals surface area contributed by atoms with E-state index in [2.05, 4.69) is 30.5 Å². The molecule has 1 aromatic heterocycles. The molecular weight excluding hydrogens is 410 g/mol. The molecule has 0 saturated heterocycles. The van der Waals surface area contributed by atoms with Gasteiger partial charge < -0.3 is 19.1 Å². The molecule has 0 aliphatic rings.